The molecule has 2 atom stereocenters. The summed E-state index contributed by atoms with van der Waals surface area (Å²) in [5.41, 5.74) is 1.51. The zero-order valence-electron chi connectivity index (χ0n) is 15.0. The van der Waals surface area contributed by atoms with Crippen LogP contribution in [-0.2, 0) is 4.74 Å². The molecule has 3 heterocycles. The number of morpholine rings is 1. The average molecular weight is 355 g/mol. The van der Waals surface area contributed by atoms with E-state index in [0.717, 1.165) is 31.5 Å². The number of aromatic nitrogens is 3. The maximum Gasteiger partial charge on any atom is 0.276 e. The van der Waals surface area contributed by atoms with Crippen LogP contribution in [0, 0.1) is 0 Å². The van der Waals surface area contributed by atoms with Gasteiger partial charge in [-0.25, -0.2) is 4.68 Å². The molecule has 4 rings (SSSR count). The third-order valence-electron chi connectivity index (χ3n) is 5.13. The van der Waals surface area contributed by atoms with Gasteiger partial charge in [0.2, 0.25) is 0 Å². The van der Waals surface area contributed by atoms with Gasteiger partial charge in [-0.15, -0.1) is 5.10 Å². The summed E-state index contributed by atoms with van der Waals surface area (Å²) in [6.45, 7) is 5.07. The molecule has 1 aromatic carbocycles. The van der Waals surface area contributed by atoms with Crippen LogP contribution in [0.4, 0.5) is 0 Å². The number of hydrogen-bond donors (Lipinski definition) is 1. The van der Waals surface area contributed by atoms with E-state index in [0.29, 0.717) is 24.8 Å². The molecular formula is C19H25N5O2. The van der Waals surface area contributed by atoms with Gasteiger partial charge in [0.1, 0.15) is 6.10 Å². The first-order valence-electron chi connectivity index (χ1n) is 9.33. The highest BCUT2D eigenvalue weighted by Crippen LogP contribution is 2.26. The predicted molar refractivity (Wildman–Crippen MR) is 96.8 cm³/mol. The lowest BCUT2D eigenvalue weighted by atomic mass is 10.1. The third-order valence-corrected chi connectivity index (χ3v) is 5.13. The molecule has 1 aromatic heterocycles. The van der Waals surface area contributed by atoms with Crippen molar-refractivity contribution in [3.63, 3.8) is 0 Å². The van der Waals surface area contributed by atoms with E-state index in [-0.39, 0.29) is 18.1 Å². The van der Waals surface area contributed by atoms with Gasteiger partial charge in [0.25, 0.3) is 5.91 Å². The molecule has 7 nitrogen and oxygen atoms in total. The molecule has 0 saturated carbocycles. The molecule has 2 fully saturated rings. The van der Waals surface area contributed by atoms with Crippen molar-refractivity contribution in [2.45, 2.75) is 38.0 Å². The zero-order valence-corrected chi connectivity index (χ0v) is 15.0. The molecule has 7 heteroatoms. The summed E-state index contributed by atoms with van der Waals surface area (Å²) in [6.07, 6.45) is 3.71. The average Bonchev–Trinajstić information content (AvgIpc) is 3.18. The van der Waals surface area contributed by atoms with Crippen molar-refractivity contribution in [2.24, 2.45) is 0 Å². The van der Waals surface area contributed by atoms with Crippen LogP contribution in [0.25, 0.3) is 0 Å². The number of nitrogens with one attached hydrogen (secondary N) is 1. The lowest BCUT2D eigenvalue weighted by Crippen LogP contribution is -2.46. The molecular weight excluding hydrogens is 330 g/mol. The number of carbonyl (C=O) groups is 1. The van der Waals surface area contributed by atoms with E-state index < -0.39 is 0 Å². The largest absolute Gasteiger partial charge is 0.367 e. The van der Waals surface area contributed by atoms with Gasteiger partial charge in [-0.1, -0.05) is 35.5 Å². The summed E-state index contributed by atoms with van der Waals surface area (Å²) in [5.74, 6) is -0.0683. The Morgan fingerprint density at radius 1 is 1.19 bits per heavy atom. The number of piperidine rings is 1. The molecule has 26 heavy (non-hydrogen) atoms. The standard InChI is InChI=1S/C19H25N5O2/c1-14-11-23(13-18(26-14)15-5-3-2-4-6-15)19(25)17-12-24(22-21-17)16-7-9-20-10-8-16/h2-6,12,14,16,18,20H,7-11,13H2,1H3/t14-,18-/m0/s1. The van der Waals surface area contributed by atoms with Crippen molar-refractivity contribution < 1.29 is 9.53 Å². The van der Waals surface area contributed by atoms with Crippen LogP contribution >= 0.6 is 0 Å². The fraction of sp³-hybridized carbons (Fsp3) is 0.526. The van der Waals surface area contributed by atoms with Crippen molar-refractivity contribution >= 4 is 5.91 Å². The fourth-order valence-corrected chi connectivity index (χ4v) is 3.76. The Balaban J connectivity index is 1.47. The SMILES string of the molecule is C[C@H]1CN(C(=O)c2cn(C3CCNCC3)nn2)C[C@@H](c2ccccc2)O1. The summed E-state index contributed by atoms with van der Waals surface area (Å²) in [6, 6.07) is 10.4. The number of amides is 1. The molecule has 0 bridgehead atoms. The molecule has 0 unspecified atom stereocenters. The molecule has 138 valence electrons. The summed E-state index contributed by atoms with van der Waals surface area (Å²) >= 11 is 0. The van der Waals surface area contributed by atoms with E-state index in [1.165, 1.54) is 0 Å². The Bertz CT molecular complexity index is 741. The van der Waals surface area contributed by atoms with Gasteiger partial charge in [0.15, 0.2) is 5.69 Å². The number of benzene rings is 1. The predicted octanol–water partition coefficient (Wildman–Crippen LogP) is 1.80. The minimum atomic E-state index is -0.108. The van der Waals surface area contributed by atoms with Crippen molar-refractivity contribution in [3.05, 3.63) is 47.8 Å². The third kappa shape index (κ3) is 3.64. The minimum Gasteiger partial charge on any atom is -0.367 e. The summed E-state index contributed by atoms with van der Waals surface area (Å²) in [5, 5.41) is 11.7. The van der Waals surface area contributed by atoms with E-state index in [1.54, 1.807) is 6.20 Å². The van der Waals surface area contributed by atoms with E-state index in [4.69, 9.17) is 4.74 Å². The number of rotatable bonds is 3. The highest BCUT2D eigenvalue weighted by Gasteiger charge is 2.31. The van der Waals surface area contributed by atoms with E-state index in [9.17, 15) is 4.79 Å². The fourth-order valence-electron chi connectivity index (χ4n) is 3.76. The van der Waals surface area contributed by atoms with Gasteiger partial charge in [0, 0.05) is 6.54 Å². The molecule has 0 aliphatic carbocycles. The van der Waals surface area contributed by atoms with Gasteiger partial charge in [0.05, 0.1) is 24.9 Å². The smallest absolute Gasteiger partial charge is 0.276 e. The molecule has 2 aliphatic heterocycles. The van der Waals surface area contributed by atoms with E-state index in [1.807, 2.05) is 46.8 Å². The maximum atomic E-state index is 13.0. The molecule has 2 aromatic rings. The normalized spacial score (nSPS) is 24.6. The van der Waals surface area contributed by atoms with Gasteiger partial charge < -0.3 is 15.0 Å². The minimum absolute atomic E-state index is 0.0163. The lowest BCUT2D eigenvalue weighted by Gasteiger charge is -2.36. The number of hydrogen-bond acceptors (Lipinski definition) is 5. The topological polar surface area (TPSA) is 72.3 Å². The quantitative estimate of drug-likeness (QED) is 0.909. The zero-order chi connectivity index (χ0) is 17.9. The van der Waals surface area contributed by atoms with E-state index >= 15 is 0 Å². The summed E-state index contributed by atoms with van der Waals surface area (Å²) in [4.78, 5) is 14.8. The first-order valence-corrected chi connectivity index (χ1v) is 9.33. The Labute approximate surface area is 153 Å². The summed E-state index contributed by atoms with van der Waals surface area (Å²) < 4.78 is 7.90. The lowest BCUT2D eigenvalue weighted by molar-refractivity contribution is -0.0693. The highest BCUT2D eigenvalue weighted by molar-refractivity contribution is 5.92. The second-order valence-electron chi connectivity index (χ2n) is 7.12. The van der Waals surface area contributed by atoms with Crippen molar-refractivity contribution in [1.29, 1.82) is 0 Å². The molecule has 1 N–H and O–H groups in total. The highest BCUT2D eigenvalue weighted by atomic mass is 16.5. The molecule has 0 radical (unpaired) electrons. The number of nitrogens with zero attached hydrogens (tertiary/aromatic N) is 4. The van der Waals surface area contributed by atoms with Crippen molar-refractivity contribution in [3.8, 4) is 0 Å². The van der Waals surface area contributed by atoms with Crippen LogP contribution < -0.4 is 5.32 Å². The van der Waals surface area contributed by atoms with Crippen LogP contribution in [-0.4, -0.2) is 58.1 Å². The summed E-state index contributed by atoms with van der Waals surface area (Å²) in [7, 11) is 0. The van der Waals surface area contributed by atoms with Crippen LogP contribution in [0.3, 0.4) is 0 Å². The van der Waals surface area contributed by atoms with Crippen LogP contribution in [0.2, 0.25) is 0 Å². The number of carbonyl (C=O) groups excluding carboxylic acids is 1. The first-order chi connectivity index (χ1) is 12.7. The maximum absolute atomic E-state index is 13.0. The van der Waals surface area contributed by atoms with Gasteiger partial charge in [-0.2, -0.15) is 0 Å². The van der Waals surface area contributed by atoms with Crippen molar-refractivity contribution in [1.82, 2.24) is 25.2 Å². The second-order valence-corrected chi connectivity index (χ2v) is 7.12. The monoisotopic (exact) mass is 355 g/mol. The first kappa shape index (κ1) is 17.2. The van der Waals surface area contributed by atoms with Crippen LogP contribution in [0.5, 0.6) is 0 Å². The molecule has 0 spiro atoms. The molecule has 2 aliphatic rings. The Hall–Kier alpha value is -2.25. The molecule has 1 amide bonds. The van der Waals surface area contributed by atoms with Crippen LogP contribution in [0.1, 0.15) is 48.0 Å². The Morgan fingerprint density at radius 3 is 2.73 bits per heavy atom. The Kier molecular flexibility index (Phi) is 4.99. The number of ether oxygens (including phenoxy) is 1. The van der Waals surface area contributed by atoms with Gasteiger partial charge in [-0.3, -0.25) is 4.79 Å². The van der Waals surface area contributed by atoms with Gasteiger partial charge >= 0.3 is 0 Å². The second kappa shape index (κ2) is 7.55. The van der Waals surface area contributed by atoms with Gasteiger partial charge in [-0.05, 0) is 38.4 Å². The van der Waals surface area contributed by atoms with Crippen LogP contribution in [0.15, 0.2) is 36.5 Å². The Morgan fingerprint density at radius 2 is 1.96 bits per heavy atom. The molecule has 2 saturated heterocycles. The van der Waals surface area contributed by atoms with E-state index in [2.05, 4.69) is 15.6 Å². The van der Waals surface area contributed by atoms with Crippen molar-refractivity contribution in [2.75, 3.05) is 26.2 Å².